The fourth-order valence-electron chi connectivity index (χ4n) is 4.25. The predicted octanol–water partition coefficient (Wildman–Crippen LogP) is 4.18. The molecular formula is C20H23ClF3N5O2. The average Bonchev–Trinajstić information content (AvgIpc) is 2.70. The van der Waals surface area contributed by atoms with Crippen LogP contribution in [0.15, 0.2) is 6.07 Å². The molecule has 2 aliphatic rings. The lowest BCUT2D eigenvalue weighted by Gasteiger charge is -2.35. The number of rotatable bonds is 3. The molecule has 0 aliphatic carbocycles. The van der Waals surface area contributed by atoms with E-state index < -0.39 is 23.0 Å². The number of anilines is 2. The van der Waals surface area contributed by atoms with Crippen LogP contribution >= 0.6 is 11.6 Å². The highest BCUT2D eigenvalue weighted by Gasteiger charge is 2.40. The topological polar surface area (TPSA) is 86.4 Å². The van der Waals surface area contributed by atoms with E-state index in [0.29, 0.717) is 11.6 Å². The molecule has 11 heteroatoms. The van der Waals surface area contributed by atoms with E-state index in [1.165, 1.54) is 7.11 Å². The van der Waals surface area contributed by atoms with Gasteiger partial charge in [0, 0.05) is 30.6 Å². The van der Waals surface area contributed by atoms with Gasteiger partial charge >= 0.3 is 12.2 Å². The summed E-state index contributed by atoms with van der Waals surface area (Å²) in [5.41, 5.74) is 5.86. The van der Waals surface area contributed by atoms with Crippen LogP contribution in [0.2, 0.25) is 5.15 Å². The molecule has 0 bridgehead atoms. The molecule has 0 spiro atoms. The molecule has 2 aromatic heterocycles. The summed E-state index contributed by atoms with van der Waals surface area (Å²) in [6.07, 6.45) is -3.35. The Morgan fingerprint density at radius 2 is 2.06 bits per heavy atom. The number of piperidine rings is 1. The number of nitrogens with zero attached hydrogens (tertiary/aromatic N) is 4. The number of ether oxygens (including phenoxy) is 2. The van der Waals surface area contributed by atoms with E-state index in [9.17, 15) is 13.2 Å². The maximum atomic E-state index is 13.7. The van der Waals surface area contributed by atoms with E-state index in [1.54, 1.807) is 0 Å². The fraction of sp³-hybridized carbons (Fsp3) is 0.550. The Labute approximate surface area is 182 Å². The molecule has 7 nitrogen and oxygen atoms in total. The van der Waals surface area contributed by atoms with E-state index in [1.807, 2.05) is 0 Å². The third kappa shape index (κ3) is 4.36. The number of hydrogen-bond donors (Lipinski definition) is 1. The second kappa shape index (κ2) is 8.31. The minimum Gasteiger partial charge on any atom is -0.467 e. The van der Waals surface area contributed by atoms with Gasteiger partial charge in [-0.15, -0.1) is 0 Å². The van der Waals surface area contributed by atoms with Crippen LogP contribution in [-0.2, 0) is 23.9 Å². The standard InChI is InChI=1S/C20H23ClF3N5O2/c1-10-4-3-5-29(8-10)18-12-9-31-14(7-13(12)26-19(28-18)30-2)11-6-15(25)27-17(21)16(11)20(22,23)24/h6,10,14H,3-5,7-9H2,1-2H3,(H2,25,27). The molecule has 2 unspecified atom stereocenters. The Morgan fingerprint density at radius 3 is 2.74 bits per heavy atom. The van der Waals surface area contributed by atoms with Gasteiger partial charge in [-0.1, -0.05) is 18.5 Å². The minimum atomic E-state index is -4.70. The maximum Gasteiger partial charge on any atom is 0.419 e. The van der Waals surface area contributed by atoms with Crippen molar-refractivity contribution >= 4 is 23.2 Å². The Hall–Kier alpha value is -2.33. The molecule has 31 heavy (non-hydrogen) atoms. The first-order chi connectivity index (χ1) is 14.7. The summed E-state index contributed by atoms with van der Waals surface area (Å²) in [6.45, 7) is 3.93. The summed E-state index contributed by atoms with van der Waals surface area (Å²) in [4.78, 5) is 14.7. The summed E-state index contributed by atoms with van der Waals surface area (Å²) in [6, 6.07) is 1.34. The molecule has 0 radical (unpaired) electrons. The van der Waals surface area contributed by atoms with E-state index in [0.717, 1.165) is 43.4 Å². The fourth-order valence-corrected chi connectivity index (χ4v) is 4.57. The number of fused-ring (bicyclic) bond motifs is 1. The predicted molar refractivity (Wildman–Crippen MR) is 109 cm³/mol. The molecule has 2 atom stereocenters. The lowest BCUT2D eigenvalue weighted by Crippen LogP contribution is -2.36. The molecule has 2 aliphatic heterocycles. The van der Waals surface area contributed by atoms with Gasteiger partial charge in [0.05, 0.1) is 31.1 Å². The summed E-state index contributed by atoms with van der Waals surface area (Å²) >= 11 is 5.81. The van der Waals surface area contributed by atoms with E-state index in [4.69, 9.17) is 26.8 Å². The second-order valence-electron chi connectivity index (χ2n) is 7.96. The summed E-state index contributed by atoms with van der Waals surface area (Å²) in [5, 5.41) is -0.694. The number of nitrogen functional groups attached to an aromatic ring is 1. The first-order valence-electron chi connectivity index (χ1n) is 10.0. The molecule has 2 N–H and O–H groups in total. The summed E-state index contributed by atoms with van der Waals surface area (Å²) in [5.74, 6) is 1.12. The average molecular weight is 458 g/mol. The van der Waals surface area contributed by atoms with E-state index >= 15 is 0 Å². The number of nitrogens with two attached hydrogens (primary N) is 1. The lowest BCUT2D eigenvalue weighted by molar-refractivity contribution is -0.140. The van der Waals surface area contributed by atoms with Crippen molar-refractivity contribution in [2.24, 2.45) is 5.92 Å². The second-order valence-corrected chi connectivity index (χ2v) is 8.31. The van der Waals surface area contributed by atoms with Crippen LogP contribution in [0.4, 0.5) is 24.8 Å². The largest absolute Gasteiger partial charge is 0.467 e. The number of alkyl halides is 3. The monoisotopic (exact) mass is 457 g/mol. The molecule has 4 heterocycles. The van der Waals surface area contributed by atoms with Gasteiger partial charge in [0.2, 0.25) is 0 Å². The number of halogens is 4. The van der Waals surface area contributed by atoms with Gasteiger partial charge in [0.1, 0.15) is 16.8 Å². The van der Waals surface area contributed by atoms with E-state index in [2.05, 4.69) is 26.8 Å². The quantitative estimate of drug-likeness (QED) is 0.691. The van der Waals surface area contributed by atoms with Gasteiger partial charge in [-0.25, -0.2) is 4.98 Å². The zero-order valence-corrected chi connectivity index (χ0v) is 17.9. The Kier molecular flexibility index (Phi) is 5.87. The number of aromatic nitrogens is 3. The highest BCUT2D eigenvalue weighted by atomic mass is 35.5. The van der Waals surface area contributed by atoms with Crippen LogP contribution < -0.4 is 15.4 Å². The first kappa shape index (κ1) is 21.9. The third-order valence-electron chi connectivity index (χ3n) is 5.65. The van der Waals surface area contributed by atoms with Crippen molar-refractivity contribution in [1.82, 2.24) is 15.0 Å². The van der Waals surface area contributed by atoms with Crippen LogP contribution in [0.1, 0.15) is 48.3 Å². The molecule has 0 saturated carbocycles. The van der Waals surface area contributed by atoms with Gasteiger partial charge < -0.3 is 20.1 Å². The third-order valence-corrected chi connectivity index (χ3v) is 5.93. The minimum absolute atomic E-state index is 0.0708. The van der Waals surface area contributed by atoms with Gasteiger partial charge in [0.25, 0.3) is 0 Å². The van der Waals surface area contributed by atoms with Gasteiger partial charge in [-0.05, 0) is 24.8 Å². The van der Waals surface area contributed by atoms with Gasteiger partial charge in [0.15, 0.2) is 0 Å². The zero-order chi connectivity index (χ0) is 22.3. The number of pyridine rings is 1. The molecular weight excluding hydrogens is 435 g/mol. The summed E-state index contributed by atoms with van der Waals surface area (Å²) in [7, 11) is 1.46. The van der Waals surface area contributed by atoms with Crippen LogP contribution in [0, 0.1) is 5.92 Å². The van der Waals surface area contributed by atoms with Crippen molar-refractivity contribution in [3.05, 3.63) is 33.6 Å². The summed E-state index contributed by atoms with van der Waals surface area (Å²) < 4.78 is 52.2. The molecule has 1 saturated heterocycles. The van der Waals surface area contributed by atoms with Crippen molar-refractivity contribution in [2.75, 3.05) is 30.8 Å². The molecule has 168 valence electrons. The first-order valence-corrected chi connectivity index (χ1v) is 10.4. The van der Waals surface area contributed by atoms with E-state index in [-0.39, 0.29) is 30.4 Å². The normalized spacial score (nSPS) is 21.7. The van der Waals surface area contributed by atoms with Crippen LogP contribution in [-0.4, -0.2) is 35.2 Å². The molecule has 0 aromatic carbocycles. The van der Waals surface area contributed by atoms with Crippen molar-refractivity contribution in [1.29, 1.82) is 0 Å². The number of hydrogen-bond acceptors (Lipinski definition) is 7. The van der Waals surface area contributed by atoms with Crippen molar-refractivity contribution in [2.45, 2.75) is 45.1 Å². The smallest absolute Gasteiger partial charge is 0.419 e. The van der Waals surface area contributed by atoms with Crippen LogP contribution in [0.25, 0.3) is 0 Å². The van der Waals surface area contributed by atoms with Crippen LogP contribution in [0.5, 0.6) is 6.01 Å². The van der Waals surface area contributed by atoms with Gasteiger partial charge in [-0.3, -0.25) is 0 Å². The molecule has 1 fully saturated rings. The number of methoxy groups -OCH3 is 1. The van der Waals surface area contributed by atoms with Crippen molar-refractivity contribution < 1.29 is 22.6 Å². The lowest BCUT2D eigenvalue weighted by atomic mass is 9.95. The Balaban J connectivity index is 1.74. The van der Waals surface area contributed by atoms with Gasteiger partial charge in [-0.2, -0.15) is 23.1 Å². The Bertz CT molecular complexity index is 988. The van der Waals surface area contributed by atoms with Crippen molar-refractivity contribution in [3.8, 4) is 6.01 Å². The van der Waals surface area contributed by atoms with Crippen LogP contribution in [0.3, 0.4) is 0 Å². The molecule has 0 amide bonds. The highest BCUT2D eigenvalue weighted by Crippen LogP contribution is 2.43. The molecule has 4 rings (SSSR count). The SMILES string of the molecule is COc1nc2c(c(N3CCCC(C)C3)n1)COC(c1cc(N)nc(Cl)c1C(F)(F)F)C2. The highest BCUT2D eigenvalue weighted by molar-refractivity contribution is 6.30. The maximum absolute atomic E-state index is 13.7. The Morgan fingerprint density at radius 1 is 1.29 bits per heavy atom. The zero-order valence-electron chi connectivity index (χ0n) is 17.2. The molecule has 2 aromatic rings. The van der Waals surface area contributed by atoms with Crippen molar-refractivity contribution in [3.63, 3.8) is 0 Å².